The Hall–Kier alpha value is -0.700. The fraction of sp³-hybridized carbons (Fsp3) is 0.400. The van der Waals surface area contributed by atoms with Crippen molar-refractivity contribution >= 4 is 17.6 Å². The van der Waals surface area contributed by atoms with Gasteiger partial charge in [-0.05, 0) is 18.6 Å². The van der Waals surface area contributed by atoms with E-state index in [1.54, 1.807) is 6.07 Å². The van der Waals surface area contributed by atoms with Crippen LogP contribution in [0.25, 0.3) is 0 Å². The monoisotopic (exact) mass is 201 g/mol. The number of hydrogen-bond donors (Lipinski definition) is 1. The number of benzene rings is 1. The molecule has 0 aliphatic heterocycles. The second-order valence-electron chi connectivity index (χ2n) is 2.24. The molecule has 0 fully saturated rings. The standard InChI is InChI=1S/C8H10FNS.C2H6/c1-6-4-3-5-7(9)8(6)10-11-2;1-2/h3-5,10H,1-2H3;1-2H3. The van der Waals surface area contributed by atoms with Crippen LogP contribution in [0.5, 0.6) is 0 Å². The Kier molecular flexibility index (Phi) is 6.41. The van der Waals surface area contributed by atoms with Gasteiger partial charge in [-0.25, -0.2) is 4.39 Å². The minimum absolute atomic E-state index is 0.195. The first-order valence-electron chi connectivity index (χ1n) is 4.30. The van der Waals surface area contributed by atoms with Crippen LogP contribution in [0.1, 0.15) is 19.4 Å². The molecular weight excluding hydrogens is 185 g/mol. The summed E-state index contributed by atoms with van der Waals surface area (Å²) in [4.78, 5) is 0. The van der Waals surface area contributed by atoms with Crippen LogP contribution in [-0.4, -0.2) is 6.26 Å². The van der Waals surface area contributed by atoms with Gasteiger partial charge in [0, 0.05) is 6.26 Å². The zero-order chi connectivity index (χ0) is 10.3. The summed E-state index contributed by atoms with van der Waals surface area (Å²) in [6.07, 6.45) is 1.87. The zero-order valence-corrected chi connectivity index (χ0v) is 9.33. The second-order valence-corrected chi connectivity index (χ2v) is 2.85. The van der Waals surface area contributed by atoms with E-state index in [9.17, 15) is 4.39 Å². The van der Waals surface area contributed by atoms with Gasteiger partial charge < -0.3 is 4.72 Å². The number of anilines is 1. The van der Waals surface area contributed by atoms with Crippen LogP contribution in [0.3, 0.4) is 0 Å². The highest BCUT2D eigenvalue weighted by Crippen LogP contribution is 2.20. The number of aryl methyl sites for hydroxylation is 1. The molecule has 74 valence electrons. The SMILES string of the molecule is CC.CSNc1c(C)cccc1F. The molecule has 0 bridgehead atoms. The highest BCUT2D eigenvalue weighted by molar-refractivity contribution is 7.99. The number of hydrogen-bond acceptors (Lipinski definition) is 2. The Bertz CT molecular complexity index is 230. The van der Waals surface area contributed by atoms with Gasteiger partial charge in [0.25, 0.3) is 0 Å². The predicted molar refractivity (Wildman–Crippen MR) is 59.6 cm³/mol. The van der Waals surface area contributed by atoms with Gasteiger partial charge in [-0.1, -0.05) is 37.9 Å². The summed E-state index contributed by atoms with van der Waals surface area (Å²) in [6.45, 7) is 5.88. The van der Waals surface area contributed by atoms with Gasteiger partial charge in [-0.15, -0.1) is 0 Å². The van der Waals surface area contributed by atoms with Crippen molar-refractivity contribution in [2.45, 2.75) is 20.8 Å². The summed E-state index contributed by atoms with van der Waals surface area (Å²) >= 11 is 1.39. The summed E-state index contributed by atoms with van der Waals surface area (Å²) < 4.78 is 15.8. The summed E-state index contributed by atoms with van der Waals surface area (Å²) in [7, 11) is 0. The van der Waals surface area contributed by atoms with Gasteiger partial charge in [0.05, 0.1) is 5.69 Å². The van der Waals surface area contributed by atoms with Crippen molar-refractivity contribution in [1.29, 1.82) is 0 Å². The molecule has 13 heavy (non-hydrogen) atoms. The number of para-hydroxylation sites is 1. The minimum Gasteiger partial charge on any atom is -0.327 e. The van der Waals surface area contributed by atoms with E-state index in [0.29, 0.717) is 5.69 Å². The third kappa shape index (κ3) is 3.68. The van der Waals surface area contributed by atoms with Gasteiger partial charge in [-0.2, -0.15) is 0 Å². The molecule has 1 nitrogen and oxygen atoms in total. The lowest BCUT2D eigenvalue weighted by Gasteiger charge is -2.06. The largest absolute Gasteiger partial charge is 0.327 e. The molecule has 1 rings (SSSR count). The Morgan fingerprint density at radius 1 is 1.31 bits per heavy atom. The molecule has 0 amide bonds. The maximum Gasteiger partial charge on any atom is 0.147 e. The molecule has 0 saturated heterocycles. The van der Waals surface area contributed by atoms with E-state index in [2.05, 4.69) is 4.72 Å². The topological polar surface area (TPSA) is 12.0 Å². The summed E-state index contributed by atoms with van der Waals surface area (Å²) in [6, 6.07) is 5.03. The number of halogens is 1. The van der Waals surface area contributed by atoms with Crippen molar-refractivity contribution in [1.82, 2.24) is 0 Å². The zero-order valence-electron chi connectivity index (χ0n) is 8.52. The first kappa shape index (κ1) is 12.3. The van der Waals surface area contributed by atoms with Crippen molar-refractivity contribution in [3.63, 3.8) is 0 Å². The van der Waals surface area contributed by atoms with E-state index < -0.39 is 0 Å². The molecule has 0 unspecified atom stereocenters. The van der Waals surface area contributed by atoms with Crippen molar-refractivity contribution < 1.29 is 4.39 Å². The molecule has 0 atom stereocenters. The van der Waals surface area contributed by atoms with E-state index in [0.717, 1.165) is 5.56 Å². The van der Waals surface area contributed by atoms with Crippen LogP contribution in [0, 0.1) is 12.7 Å². The lowest BCUT2D eigenvalue weighted by Crippen LogP contribution is -1.92. The first-order chi connectivity index (χ1) is 6.25. The smallest absolute Gasteiger partial charge is 0.147 e. The van der Waals surface area contributed by atoms with Crippen LogP contribution < -0.4 is 4.72 Å². The third-order valence-corrected chi connectivity index (χ3v) is 1.83. The number of rotatable bonds is 2. The molecule has 1 aromatic carbocycles. The molecule has 0 heterocycles. The Morgan fingerprint density at radius 2 is 1.92 bits per heavy atom. The van der Waals surface area contributed by atoms with Gasteiger partial charge in [0.2, 0.25) is 0 Å². The van der Waals surface area contributed by atoms with Crippen molar-refractivity contribution in [3.05, 3.63) is 29.6 Å². The Labute approximate surface area is 83.9 Å². The maximum atomic E-state index is 13.0. The minimum atomic E-state index is -0.195. The van der Waals surface area contributed by atoms with Crippen LogP contribution in [0.2, 0.25) is 0 Å². The van der Waals surface area contributed by atoms with Crippen LogP contribution in [0.15, 0.2) is 18.2 Å². The average molecular weight is 201 g/mol. The van der Waals surface area contributed by atoms with Gasteiger partial charge >= 0.3 is 0 Å². The third-order valence-electron chi connectivity index (χ3n) is 1.43. The highest BCUT2D eigenvalue weighted by atomic mass is 32.2. The summed E-state index contributed by atoms with van der Waals surface area (Å²) in [5.41, 5.74) is 1.51. The normalized spacial score (nSPS) is 8.69. The second kappa shape index (κ2) is 6.78. The average Bonchev–Trinajstić information content (AvgIpc) is 2.15. The van der Waals surface area contributed by atoms with E-state index in [4.69, 9.17) is 0 Å². The van der Waals surface area contributed by atoms with Crippen molar-refractivity contribution in [2.75, 3.05) is 11.0 Å². The molecular formula is C10H16FNS. The molecule has 3 heteroatoms. The summed E-state index contributed by atoms with van der Waals surface area (Å²) in [5, 5.41) is 0. The summed E-state index contributed by atoms with van der Waals surface area (Å²) in [5.74, 6) is -0.195. The quantitative estimate of drug-likeness (QED) is 0.729. The van der Waals surface area contributed by atoms with Crippen LogP contribution in [0.4, 0.5) is 10.1 Å². The van der Waals surface area contributed by atoms with Crippen molar-refractivity contribution in [3.8, 4) is 0 Å². The molecule has 1 N–H and O–H groups in total. The van der Waals surface area contributed by atoms with E-state index in [1.807, 2.05) is 33.1 Å². The van der Waals surface area contributed by atoms with Crippen molar-refractivity contribution in [2.24, 2.45) is 0 Å². The molecule has 0 aliphatic carbocycles. The fourth-order valence-corrected chi connectivity index (χ4v) is 1.33. The molecule has 0 spiro atoms. The highest BCUT2D eigenvalue weighted by Gasteiger charge is 2.01. The fourth-order valence-electron chi connectivity index (χ4n) is 0.863. The lowest BCUT2D eigenvalue weighted by molar-refractivity contribution is 0.631. The van der Waals surface area contributed by atoms with E-state index in [1.165, 1.54) is 18.0 Å². The first-order valence-corrected chi connectivity index (χ1v) is 5.52. The molecule has 0 saturated carbocycles. The van der Waals surface area contributed by atoms with Gasteiger partial charge in [0.15, 0.2) is 0 Å². The molecule has 1 aromatic rings. The van der Waals surface area contributed by atoms with Gasteiger partial charge in [-0.3, -0.25) is 0 Å². The van der Waals surface area contributed by atoms with E-state index >= 15 is 0 Å². The lowest BCUT2D eigenvalue weighted by atomic mass is 10.2. The Balaban J connectivity index is 0.000000671. The molecule has 0 aromatic heterocycles. The van der Waals surface area contributed by atoms with Crippen LogP contribution >= 0.6 is 11.9 Å². The molecule has 0 radical (unpaired) electrons. The van der Waals surface area contributed by atoms with Crippen LogP contribution in [-0.2, 0) is 0 Å². The molecule has 0 aliphatic rings. The van der Waals surface area contributed by atoms with Gasteiger partial charge in [0.1, 0.15) is 5.82 Å². The Morgan fingerprint density at radius 3 is 2.38 bits per heavy atom. The van der Waals surface area contributed by atoms with E-state index in [-0.39, 0.29) is 5.82 Å². The predicted octanol–water partition coefficient (Wildman–Crippen LogP) is 3.85. The number of nitrogens with one attached hydrogen (secondary N) is 1. The maximum absolute atomic E-state index is 13.0.